The van der Waals surface area contributed by atoms with Crippen molar-refractivity contribution in [1.82, 2.24) is 15.4 Å². The number of nitrogens with one attached hydrogen (secondary N) is 1. The Morgan fingerprint density at radius 3 is 2.36 bits per heavy atom. The van der Waals surface area contributed by atoms with Crippen LogP contribution in [0.15, 0.2) is 22.7 Å². The summed E-state index contributed by atoms with van der Waals surface area (Å²) < 4.78 is 11.5. The molecule has 3 aliphatic rings. The van der Waals surface area contributed by atoms with Crippen molar-refractivity contribution >= 4 is 29.3 Å². The third-order valence-corrected chi connectivity index (χ3v) is 7.50. The highest BCUT2D eigenvalue weighted by molar-refractivity contribution is 6.39. The second-order valence-electron chi connectivity index (χ2n) is 10.6. The first kappa shape index (κ1) is 23.0. The number of hydrogen-bond acceptors (Lipinski definition) is 5. The quantitative estimate of drug-likeness (QED) is 0.513. The van der Waals surface area contributed by atoms with Gasteiger partial charge in [0.05, 0.1) is 10.0 Å². The molecule has 1 saturated carbocycles. The fourth-order valence-corrected chi connectivity index (χ4v) is 5.86. The Morgan fingerprint density at radius 1 is 1.15 bits per heavy atom. The van der Waals surface area contributed by atoms with Gasteiger partial charge < -0.3 is 19.5 Å². The molecule has 5 rings (SSSR count). The summed E-state index contributed by atoms with van der Waals surface area (Å²) in [5.41, 5.74) is 2.03. The number of piperidine rings is 1. The lowest BCUT2D eigenvalue weighted by Gasteiger charge is -2.39. The molecule has 1 amide bonds. The van der Waals surface area contributed by atoms with Crippen LogP contribution < -0.4 is 5.32 Å². The summed E-state index contributed by atoms with van der Waals surface area (Å²) in [5.74, 6) is 1.37. The number of carbonyl (C=O) groups excluding carboxylic acids is 1. The number of aromatic nitrogens is 1. The molecule has 6 nitrogen and oxygen atoms in total. The fraction of sp³-hybridized carbons (Fsp3) is 0.600. The minimum absolute atomic E-state index is 0.181. The van der Waals surface area contributed by atoms with E-state index in [1.54, 1.807) is 0 Å². The van der Waals surface area contributed by atoms with E-state index in [1.807, 2.05) is 43.9 Å². The lowest BCUT2D eigenvalue weighted by atomic mass is 9.96. The van der Waals surface area contributed by atoms with Gasteiger partial charge in [0.25, 0.3) is 0 Å². The zero-order chi connectivity index (χ0) is 23.3. The molecule has 1 aliphatic carbocycles. The Hall–Kier alpha value is -1.76. The summed E-state index contributed by atoms with van der Waals surface area (Å²) in [6.45, 7) is 6.39. The third kappa shape index (κ3) is 4.75. The van der Waals surface area contributed by atoms with E-state index in [9.17, 15) is 4.79 Å². The first-order chi connectivity index (χ1) is 15.7. The monoisotopic (exact) mass is 491 g/mol. The van der Waals surface area contributed by atoms with Crippen molar-refractivity contribution in [3.8, 4) is 11.3 Å². The van der Waals surface area contributed by atoms with Gasteiger partial charge in [0.15, 0.2) is 0 Å². The highest BCUT2D eigenvalue weighted by Crippen LogP contribution is 2.46. The summed E-state index contributed by atoms with van der Waals surface area (Å²) in [6, 6.07) is 6.25. The van der Waals surface area contributed by atoms with Crippen LogP contribution in [0.1, 0.15) is 76.5 Å². The maximum absolute atomic E-state index is 12.8. The number of halogens is 2. The molecule has 33 heavy (non-hydrogen) atoms. The third-order valence-electron chi connectivity index (χ3n) is 6.87. The van der Waals surface area contributed by atoms with Gasteiger partial charge in [0.2, 0.25) is 0 Å². The van der Waals surface area contributed by atoms with Gasteiger partial charge in [-0.05, 0) is 71.4 Å². The number of rotatable bonds is 5. The van der Waals surface area contributed by atoms with Crippen LogP contribution in [0.2, 0.25) is 10.0 Å². The van der Waals surface area contributed by atoms with E-state index in [0.29, 0.717) is 28.5 Å². The average Bonchev–Trinajstić information content (AvgIpc) is 3.43. The molecule has 2 saturated heterocycles. The van der Waals surface area contributed by atoms with Gasteiger partial charge >= 0.3 is 6.09 Å². The fourth-order valence-electron chi connectivity index (χ4n) is 5.28. The topological polar surface area (TPSA) is 67.6 Å². The van der Waals surface area contributed by atoms with Crippen molar-refractivity contribution in [2.45, 2.75) is 95.5 Å². The van der Waals surface area contributed by atoms with Crippen LogP contribution in [0.5, 0.6) is 0 Å². The lowest BCUT2D eigenvalue weighted by Crippen LogP contribution is -2.52. The van der Waals surface area contributed by atoms with Crippen LogP contribution in [0.4, 0.5) is 4.79 Å². The van der Waals surface area contributed by atoms with Crippen LogP contribution in [0.25, 0.3) is 11.3 Å². The van der Waals surface area contributed by atoms with Gasteiger partial charge in [-0.2, -0.15) is 0 Å². The lowest BCUT2D eigenvalue weighted by molar-refractivity contribution is 0.00466. The van der Waals surface area contributed by atoms with E-state index in [1.165, 1.54) is 0 Å². The minimum atomic E-state index is -0.477. The Bertz CT molecular complexity index is 1010. The van der Waals surface area contributed by atoms with Gasteiger partial charge in [-0.1, -0.05) is 34.4 Å². The van der Waals surface area contributed by atoms with Crippen LogP contribution in [-0.2, 0) is 11.3 Å². The Morgan fingerprint density at radius 2 is 1.79 bits per heavy atom. The molecule has 2 bridgehead atoms. The molecular formula is C25H31Cl2N3O3. The number of amides is 1. The molecule has 8 heteroatoms. The summed E-state index contributed by atoms with van der Waals surface area (Å²) in [7, 11) is 0. The van der Waals surface area contributed by atoms with Crippen LogP contribution in [-0.4, -0.2) is 39.9 Å². The van der Waals surface area contributed by atoms with E-state index >= 15 is 0 Å². The van der Waals surface area contributed by atoms with Gasteiger partial charge in [0.1, 0.15) is 17.1 Å². The van der Waals surface area contributed by atoms with Gasteiger partial charge in [-0.15, -0.1) is 0 Å². The first-order valence-electron chi connectivity index (χ1n) is 11.9. The van der Waals surface area contributed by atoms with E-state index in [-0.39, 0.29) is 18.2 Å². The predicted molar refractivity (Wildman–Crippen MR) is 129 cm³/mol. The maximum atomic E-state index is 12.8. The normalized spacial score (nSPS) is 24.9. The van der Waals surface area contributed by atoms with Crippen molar-refractivity contribution in [2.24, 2.45) is 0 Å². The minimum Gasteiger partial charge on any atom is -0.444 e. The Labute approximate surface area is 204 Å². The molecular weight excluding hydrogens is 461 g/mol. The highest BCUT2D eigenvalue weighted by atomic mass is 35.5. The summed E-state index contributed by atoms with van der Waals surface area (Å²) >= 11 is 13.0. The molecule has 0 spiro atoms. The van der Waals surface area contributed by atoms with Crippen LogP contribution in [0.3, 0.4) is 0 Å². The number of carbonyl (C=O) groups is 1. The zero-order valence-electron chi connectivity index (χ0n) is 19.4. The van der Waals surface area contributed by atoms with Crippen molar-refractivity contribution < 1.29 is 14.1 Å². The van der Waals surface area contributed by atoms with Gasteiger partial charge in [0, 0.05) is 41.7 Å². The summed E-state index contributed by atoms with van der Waals surface area (Å²) in [5, 5.41) is 9.28. The van der Waals surface area contributed by atoms with Crippen molar-refractivity contribution in [3.63, 3.8) is 0 Å². The van der Waals surface area contributed by atoms with Crippen LogP contribution >= 0.6 is 23.2 Å². The molecule has 3 heterocycles. The predicted octanol–water partition coefficient (Wildman–Crippen LogP) is 6.55. The molecule has 0 radical (unpaired) electrons. The van der Waals surface area contributed by atoms with Crippen molar-refractivity contribution in [1.29, 1.82) is 0 Å². The number of fused-ring (bicyclic) bond motifs is 2. The number of nitrogens with zero attached hydrogens (tertiary/aromatic N) is 2. The van der Waals surface area contributed by atoms with E-state index in [4.69, 9.17) is 32.5 Å². The van der Waals surface area contributed by atoms with Crippen molar-refractivity contribution in [2.75, 3.05) is 0 Å². The van der Waals surface area contributed by atoms with Crippen LogP contribution in [0, 0.1) is 0 Å². The summed E-state index contributed by atoms with van der Waals surface area (Å²) in [4.78, 5) is 14.7. The SMILES string of the molecule is CC(C)(C)OC(=O)N1C2CCC1CC(NCc1c(-c3c(Cl)cccc3Cl)noc1C1CC1)C2. The van der Waals surface area contributed by atoms with Gasteiger partial charge in [-0.3, -0.25) is 0 Å². The van der Waals surface area contributed by atoms with E-state index in [0.717, 1.165) is 61.1 Å². The number of benzene rings is 1. The molecule has 178 valence electrons. The molecule has 1 aromatic carbocycles. The molecule has 2 atom stereocenters. The first-order valence-corrected chi connectivity index (χ1v) is 12.6. The average molecular weight is 492 g/mol. The molecule has 2 unspecified atom stereocenters. The molecule has 2 aliphatic heterocycles. The van der Waals surface area contributed by atoms with Gasteiger partial charge in [-0.25, -0.2) is 4.79 Å². The second kappa shape index (κ2) is 8.79. The number of hydrogen-bond donors (Lipinski definition) is 1. The second-order valence-corrected chi connectivity index (χ2v) is 11.4. The smallest absolute Gasteiger partial charge is 0.410 e. The van der Waals surface area contributed by atoms with Crippen molar-refractivity contribution in [3.05, 3.63) is 39.6 Å². The Kier molecular flexibility index (Phi) is 6.13. The highest BCUT2D eigenvalue weighted by Gasteiger charge is 2.45. The number of ether oxygens (including phenoxy) is 1. The largest absolute Gasteiger partial charge is 0.444 e. The molecule has 3 fully saturated rings. The molecule has 1 aromatic heterocycles. The Balaban J connectivity index is 1.31. The maximum Gasteiger partial charge on any atom is 0.410 e. The van der Waals surface area contributed by atoms with E-state index in [2.05, 4.69) is 10.5 Å². The summed E-state index contributed by atoms with van der Waals surface area (Å²) in [6.07, 6.45) is 5.96. The zero-order valence-corrected chi connectivity index (χ0v) is 20.9. The molecule has 2 aromatic rings. The standard InChI is InChI=1S/C25H31Cl2N3O3/c1-25(2,3)32-24(31)30-16-9-10-17(30)12-15(11-16)28-13-18-22(29-33-23(18)14-7-8-14)21-19(26)5-4-6-20(21)27/h4-6,14-17,28H,7-13H2,1-3H3. The molecule has 1 N–H and O–H groups in total. The van der Waals surface area contributed by atoms with E-state index < -0.39 is 5.60 Å².